The van der Waals surface area contributed by atoms with Crippen molar-refractivity contribution in [1.29, 1.82) is 0 Å². The lowest BCUT2D eigenvalue weighted by molar-refractivity contribution is -0.139. The van der Waals surface area contributed by atoms with Crippen LogP contribution in [0.5, 0.6) is 0 Å². The first-order valence-electron chi connectivity index (χ1n) is 8.15. The van der Waals surface area contributed by atoms with Crippen molar-refractivity contribution in [2.75, 3.05) is 32.7 Å². The highest BCUT2D eigenvalue weighted by Crippen LogP contribution is 2.30. The molecule has 2 rings (SSSR count). The Morgan fingerprint density at radius 2 is 1.80 bits per heavy atom. The van der Waals surface area contributed by atoms with Gasteiger partial charge < -0.3 is 10.6 Å². The summed E-state index contributed by atoms with van der Waals surface area (Å²) >= 11 is 0. The Kier molecular flexibility index (Phi) is 5.08. The first-order valence-corrected chi connectivity index (χ1v) is 8.15. The molecule has 0 radical (unpaired) electrons. The van der Waals surface area contributed by atoms with Gasteiger partial charge in [-0.05, 0) is 52.5 Å². The molecule has 0 aromatic heterocycles. The second-order valence-corrected chi connectivity index (χ2v) is 7.45. The van der Waals surface area contributed by atoms with Crippen molar-refractivity contribution in [2.45, 2.75) is 52.0 Å². The van der Waals surface area contributed by atoms with Crippen LogP contribution >= 0.6 is 0 Å². The van der Waals surface area contributed by atoms with Crippen LogP contribution in [0, 0.1) is 11.8 Å². The highest BCUT2D eigenvalue weighted by molar-refractivity contribution is 5.79. The highest BCUT2D eigenvalue weighted by Gasteiger charge is 2.33. The Hall–Kier alpha value is -0.610. The van der Waals surface area contributed by atoms with Crippen molar-refractivity contribution in [3.63, 3.8) is 0 Å². The molecule has 2 N–H and O–H groups in total. The molecule has 1 heterocycles. The molecule has 1 amide bonds. The van der Waals surface area contributed by atoms with Crippen LogP contribution in [-0.4, -0.2) is 54.0 Å². The van der Waals surface area contributed by atoms with Gasteiger partial charge in [0.1, 0.15) is 0 Å². The average Bonchev–Trinajstić information content (AvgIpc) is 2.46. The van der Waals surface area contributed by atoms with Gasteiger partial charge in [-0.15, -0.1) is 0 Å². The van der Waals surface area contributed by atoms with Gasteiger partial charge in [0.2, 0.25) is 5.91 Å². The number of carbonyl (C=O) groups is 1. The predicted octanol–water partition coefficient (Wildman–Crippen LogP) is 1.69. The molecule has 2 unspecified atom stereocenters. The van der Waals surface area contributed by atoms with Crippen LogP contribution in [-0.2, 0) is 4.79 Å². The number of nitrogens with two attached hydrogens (primary N) is 1. The van der Waals surface area contributed by atoms with E-state index in [1.807, 2.05) is 0 Å². The van der Waals surface area contributed by atoms with E-state index in [-0.39, 0.29) is 11.5 Å². The van der Waals surface area contributed by atoms with Crippen molar-refractivity contribution in [2.24, 2.45) is 17.6 Å². The molecule has 0 aromatic carbocycles. The number of carbonyl (C=O) groups excluding carboxylic acids is 1. The molecular formula is C16H31N3O. The molecule has 2 atom stereocenters. The molecule has 0 spiro atoms. The molecule has 0 bridgehead atoms. The number of rotatable bonds is 2. The number of hydrogen-bond acceptors (Lipinski definition) is 3. The van der Waals surface area contributed by atoms with Crippen molar-refractivity contribution in [1.82, 2.24) is 9.80 Å². The van der Waals surface area contributed by atoms with Crippen LogP contribution in [0.15, 0.2) is 0 Å². The molecule has 2 aliphatic rings. The Morgan fingerprint density at radius 3 is 2.35 bits per heavy atom. The van der Waals surface area contributed by atoms with Crippen molar-refractivity contribution in [3.8, 4) is 0 Å². The summed E-state index contributed by atoms with van der Waals surface area (Å²) in [7, 11) is 0. The smallest absolute Gasteiger partial charge is 0.225 e. The second kappa shape index (κ2) is 6.44. The zero-order chi connectivity index (χ0) is 14.8. The van der Waals surface area contributed by atoms with Gasteiger partial charge in [-0.1, -0.05) is 6.42 Å². The van der Waals surface area contributed by atoms with Crippen LogP contribution in [0.2, 0.25) is 0 Å². The normalized spacial score (nSPS) is 29.5. The molecule has 0 aromatic rings. The lowest BCUT2D eigenvalue weighted by Crippen LogP contribution is -2.55. The fraction of sp³-hybridized carbons (Fsp3) is 0.938. The standard InChI is InChI=1S/C16H31N3O/c1-16(2,3)19-9-7-18(8-10-19)15(20)14-6-4-5-13(11-14)12-17/h13-14H,4-12,17H2,1-3H3. The Labute approximate surface area is 123 Å². The van der Waals surface area contributed by atoms with E-state index in [9.17, 15) is 4.79 Å². The third-order valence-corrected chi connectivity index (χ3v) is 5.01. The average molecular weight is 281 g/mol. The van der Waals surface area contributed by atoms with Crippen LogP contribution in [0.25, 0.3) is 0 Å². The Bertz CT molecular complexity index is 329. The number of piperazine rings is 1. The summed E-state index contributed by atoms with van der Waals surface area (Å²) in [4.78, 5) is 17.2. The quantitative estimate of drug-likeness (QED) is 0.838. The minimum atomic E-state index is 0.213. The van der Waals surface area contributed by atoms with E-state index in [4.69, 9.17) is 5.73 Å². The van der Waals surface area contributed by atoms with E-state index in [1.165, 1.54) is 12.8 Å². The number of hydrogen-bond donors (Lipinski definition) is 1. The molecule has 1 saturated heterocycles. The first kappa shape index (κ1) is 15.8. The summed E-state index contributed by atoms with van der Waals surface area (Å²) in [6.07, 6.45) is 4.45. The van der Waals surface area contributed by atoms with Crippen LogP contribution < -0.4 is 5.73 Å². The van der Waals surface area contributed by atoms with Gasteiger partial charge in [-0.3, -0.25) is 9.69 Å². The monoisotopic (exact) mass is 281 g/mol. The third kappa shape index (κ3) is 3.73. The summed E-state index contributed by atoms with van der Waals surface area (Å²) < 4.78 is 0. The molecule has 4 heteroatoms. The van der Waals surface area contributed by atoms with E-state index < -0.39 is 0 Å². The highest BCUT2D eigenvalue weighted by atomic mass is 16.2. The fourth-order valence-corrected chi connectivity index (χ4v) is 3.59. The Balaban J connectivity index is 1.85. The molecule has 4 nitrogen and oxygen atoms in total. The molecule has 2 fully saturated rings. The summed E-state index contributed by atoms with van der Waals surface area (Å²) in [5.74, 6) is 1.18. The van der Waals surface area contributed by atoms with E-state index in [0.717, 1.165) is 45.6 Å². The van der Waals surface area contributed by atoms with Crippen LogP contribution in [0.3, 0.4) is 0 Å². The largest absolute Gasteiger partial charge is 0.340 e. The van der Waals surface area contributed by atoms with Crippen LogP contribution in [0.4, 0.5) is 0 Å². The maximum Gasteiger partial charge on any atom is 0.225 e. The van der Waals surface area contributed by atoms with E-state index in [2.05, 4.69) is 30.6 Å². The summed E-state index contributed by atoms with van der Waals surface area (Å²) in [5, 5.41) is 0. The maximum atomic E-state index is 12.6. The maximum absolute atomic E-state index is 12.6. The van der Waals surface area contributed by atoms with E-state index in [0.29, 0.717) is 11.8 Å². The minimum Gasteiger partial charge on any atom is -0.340 e. The topological polar surface area (TPSA) is 49.6 Å². The van der Waals surface area contributed by atoms with Gasteiger partial charge in [0.15, 0.2) is 0 Å². The van der Waals surface area contributed by atoms with Gasteiger partial charge in [0.05, 0.1) is 0 Å². The van der Waals surface area contributed by atoms with Gasteiger partial charge in [-0.25, -0.2) is 0 Å². The molecule has 1 aliphatic heterocycles. The first-order chi connectivity index (χ1) is 9.41. The van der Waals surface area contributed by atoms with Crippen molar-refractivity contribution in [3.05, 3.63) is 0 Å². The van der Waals surface area contributed by atoms with Crippen molar-refractivity contribution < 1.29 is 4.79 Å². The summed E-state index contributed by atoms with van der Waals surface area (Å²) in [5.41, 5.74) is 5.99. The molecule has 1 aliphatic carbocycles. The van der Waals surface area contributed by atoms with Gasteiger partial charge in [0.25, 0.3) is 0 Å². The third-order valence-electron chi connectivity index (χ3n) is 5.01. The summed E-state index contributed by atoms with van der Waals surface area (Å²) in [6.45, 7) is 11.3. The van der Waals surface area contributed by atoms with Crippen molar-refractivity contribution >= 4 is 5.91 Å². The zero-order valence-electron chi connectivity index (χ0n) is 13.4. The minimum absolute atomic E-state index is 0.213. The van der Waals surface area contributed by atoms with Gasteiger partial charge in [-0.2, -0.15) is 0 Å². The number of amides is 1. The fourth-order valence-electron chi connectivity index (χ4n) is 3.59. The zero-order valence-corrected chi connectivity index (χ0v) is 13.4. The lowest BCUT2D eigenvalue weighted by atomic mass is 9.80. The van der Waals surface area contributed by atoms with Gasteiger partial charge >= 0.3 is 0 Å². The predicted molar refractivity (Wildman–Crippen MR) is 82.4 cm³/mol. The molecule has 116 valence electrons. The van der Waals surface area contributed by atoms with Gasteiger partial charge in [0, 0.05) is 37.6 Å². The number of nitrogens with zero attached hydrogens (tertiary/aromatic N) is 2. The van der Waals surface area contributed by atoms with Crippen LogP contribution in [0.1, 0.15) is 46.5 Å². The lowest BCUT2D eigenvalue weighted by Gasteiger charge is -2.43. The Morgan fingerprint density at radius 1 is 1.15 bits per heavy atom. The molecule has 1 saturated carbocycles. The molecule has 20 heavy (non-hydrogen) atoms. The summed E-state index contributed by atoms with van der Waals surface area (Å²) in [6, 6.07) is 0. The van der Waals surface area contributed by atoms with E-state index >= 15 is 0 Å². The SMILES string of the molecule is CC(C)(C)N1CCN(C(=O)C2CCCC(CN)C2)CC1. The molecular weight excluding hydrogens is 250 g/mol. The van der Waals surface area contributed by atoms with E-state index in [1.54, 1.807) is 0 Å². The second-order valence-electron chi connectivity index (χ2n) is 7.45.